The zero-order chi connectivity index (χ0) is 17.4. The van der Waals surface area contributed by atoms with Gasteiger partial charge in [0.2, 0.25) is 0 Å². The molecule has 0 atom stereocenters. The lowest BCUT2D eigenvalue weighted by Crippen LogP contribution is -2.17. The van der Waals surface area contributed by atoms with Crippen LogP contribution in [0, 0.1) is 11.3 Å². The maximum Gasteiger partial charge on any atom is 0.267 e. The van der Waals surface area contributed by atoms with Gasteiger partial charge < -0.3 is 15.7 Å². The van der Waals surface area contributed by atoms with E-state index >= 15 is 0 Å². The molecule has 0 fully saturated rings. The summed E-state index contributed by atoms with van der Waals surface area (Å²) in [6.07, 6.45) is 2.10. The second kappa shape index (κ2) is 8.61. The maximum absolute atomic E-state index is 12.0. The molecule has 6 heteroatoms. The fourth-order valence-electron chi connectivity index (χ4n) is 1.93. The van der Waals surface area contributed by atoms with E-state index < -0.39 is 5.91 Å². The topological polar surface area (TPSA) is 85.2 Å². The summed E-state index contributed by atoms with van der Waals surface area (Å²) in [6, 6.07) is 15.4. The van der Waals surface area contributed by atoms with Gasteiger partial charge in [-0.05, 0) is 48.4 Å². The van der Waals surface area contributed by atoms with Gasteiger partial charge in [0.05, 0.1) is 0 Å². The Morgan fingerprint density at radius 3 is 2.46 bits per heavy atom. The average Bonchev–Trinajstić information content (AvgIpc) is 2.58. The molecule has 0 aliphatic rings. The average molecular weight is 342 g/mol. The number of amides is 1. The Balaban J connectivity index is 1.86. The molecule has 122 valence electrons. The molecule has 2 aromatic carbocycles. The molecule has 0 aliphatic heterocycles. The molecule has 0 spiro atoms. The predicted molar refractivity (Wildman–Crippen MR) is 93.6 cm³/mol. The fraction of sp³-hybridized carbons (Fsp3) is 0.111. The Hall–Kier alpha value is -2.97. The van der Waals surface area contributed by atoms with E-state index in [9.17, 15) is 9.90 Å². The van der Waals surface area contributed by atoms with Crippen LogP contribution in [0.15, 0.2) is 60.3 Å². The van der Waals surface area contributed by atoms with Gasteiger partial charge in [0.15, 0.2) is 0 Å². The molecule has 0 saturated heterocycles. The number of nitrogens with zero attached hydrogens (tertiary/aromatic N) is 1. The lowest BCUT2D eigenvalue weighted by atomic mass is 10.1. The zero-order valence-corrected chi connectivity index (χ0v) is 13.5. The maximum atomic E-state index is 12.0. The van der Waals surface area contributed by atoms with Gasteiger partial charge in [0.1, 0.15) is 17.4 Å². The minimum Gasteiger partial charge on any atom is -0.508 e. The normalized spacial score (nSPS) is 10.8. The Bertz CT molecular complexity index is 762. The van der Waals surface area contributed by atoms with Crippen LogP contribution in [-0.4, -0.2) is 17.6 Å². The number of benzene rings is 2. The summed E-state index contributed by atoms with van der Waals surface area (Å²) >= 11 is 5.78. The molecule has 0 bridgehead atoms. The number of hydrogen-bond donors (Lipinski definition) is 3. The Morgan fingerprint density at radius 2 is 1.83 bits per heavy atom. The highest BCUT2D eigenvalue weighted by Crippen LogP contribution is 2.14. The number of anilines is 1. The van der Waals surface area contributed by atoms with Crippen LogP contribution < -0.4 is 10.6 Å². The van der Waals surface area contributed by atoms with Gasteiger partial charge in [0.25, 0.3) is 5.91 Å². The minimum absolute atomic E-state index is 0.0179. The summed E-state index contributed by atoms with van der Waals surface area (Å²) in [5.74, 6) is -0.269. The van der Waals surface area contributed by atoms with E-state index in [4.69, 9.17) is 16.9 Å². The molecular weight excluding hydrogens is 326 g/mol. The molecule has 0 heterocycles. The van der Waals surface area contributed by atoms with Crippen LogP contribution in [-0.2, 0) is 11.2 Å². The summed E-state index contributed by atoms with van der Waals surface area (Å²) in [4.78, 5) is 12.0. The van der Waals surface area contributed by atoms with Crippen LogP contribution in [0.2, 0.25) is 5.02 Å². The van der Waals surface area contributed by atoms with Crippen molar-refractivity contribution in [2.24, 2.45) is 0 Å². The van der Waals surface area contributed by atoms with Gasteiger partial charge in [-0.15, -0.1) is 0 Å². The first-order valence-electron chi connectivity index (χ1n) is 7.27. The molecule has 0 aromatic heterocycles. The number of nitrogens with one attached hydrogen (secondary N) is 2. The lowest BCUT2D eigenvalue weighted by Gasteiger charge is -2.05. The van der Waals surface area contributed by atoms with E-state index in [0.29, 0.717) is 23.7 Å². The van der Waals surface area contributed by atoms with Crippen molar-refractivity contribution in [2.75, 3.05) is 11.9 Å². The third-order valence-electron chi connectivity index (χ3n) is 3.21. The van der Waals surface area contributed by atoms with E-state index in [2.05, 4.69) is 10.6 Å². The molecule has 0 unspecified atom stereocenters. The molecule has 24 heavy (non-hydrogen) atoms. The van der Waals surface area contributed by atoms with Crippen molar-refractivity contribution in [3.05, 3.63) is 70.9 Å². The molecule has 0 radical (unpaired) electrons. The number of phenolic OH excluding ortho intramolecular Hbond substituents is 1. The SMILES string of the molecule is N#C/C(=C/NCCc1ccc(O)cc1)C(=O)Nc1ccc(Cl)cc1. The van der Waals surface area contributed by atoms with Gasteiger partial charge in [0, 0.05) is 23.5 Å². The minimum atomic E-state index is -0.489. The zero-order valence-electron chi connectivity index (χ0n) is 12.8. The van der Waals surface area contributed by atoms with Crippen LogP contribution in [0.3, 0.4) is 0 Å². The monoisotopic (exact) mass is 341 g/mol. The standard InChI is InChI=1S/C18H16ClN3O2/c19-15-3-5-16(6-4-15)22-18(24)14(11-20)12-21-10-9-13-1-7-17(23)8-2-13/h1-8,12,21,23H,9-10H2,(H,22,24)/b14-12-. The van der Waals surface area contributed by atoms with Gasteiger partial charge in [-0.25, -0.2) is 0 Å². The van der Waals surface area contributed by atoms with Crippen molar-refractivity contribution >= 4 is 23.2 Å². The molecule has 2 rings (SSSR count). The van der Waals surface area contributed by atoms with Crippen molar-refractivity contribution in [1.82, 2.24) is 5.32 Å². The highest BCUT2D eigenvalue weighted by molar-refractivity contribution is 6.30. The van der Waals surface area contributed by atoms with Gasteiger partial charge in [-0.2, -0.15) is 5.26 Å². The Kier molecular flexibility index (Phi) is 6.23. The predicted octanol–water partition coefficient (Wildman–Crippen LogP) is 3.22. The molecule has 3 N–H and O–H groups in total. The van der Waals surface area contributed by atoms with Gasteiger partial charge in [-0.1, -0.05) is 23.7 Å². The van der Waals surface area contributed by atoms with E-state index in [1.165, 1.54) is 6.20 Å². The summed E-state index contributed by atoms with van der Waals surface area (Å²) in [6.45, 7) is 0.560. The molecular formula is C18H16ClN3O2. The van der Waals surface area contributed by atoms with Crippen LogP contribution in [0.5, 0.6) is 5.75 Å². The van der Waals surface area contributed by atoms with Crippen LogP contribution in [0.25, 0.3) is 0 Å². The highest BCUT2D eigenvalue weighted by Gasteiger charge is 2.08. The van der Waals surface area contributed by atoms with Gasteiger partial charge >= 0.3 is 0 Å². The largest absolute Gasteiger partial charge is 0.508 e. The number of aromatic hydroxyl groups is 1. The number of hydrogen-bond acceptors (Lipinski definition) is 4. The lowest BCUT2D eigenvalue weighted by molar-refractivity contribution is -0.112. The summed E-state index contributed by atoms with van der Waals surface area (Å²) in [5.41, 5.74) is 1.59. The van der Waals surface area contributed by atoms with Gasteiger partial charge in [-0.3, -0.25) is 4.79 Å². The summed E-state index contributed by atoms with van der Waals surface area (Å²) < 4.78 is 0. The first kappa shape index (κ1) is 17.4. The van der Waals surface area contributed by atoms with Crippen molar-refractivity contribution in [3.8, 4) is 11.8 Å². The van der Waals surface area contributed by atoms with E-state index in [-0.39, 0.29) is 11.3 Å². The number of nitriles is 1. The molecule has 5 nitrogen and oxygen atoms in total. The van der Waals surface area contributed by atoms with E-state index in [1.54, 1.807) is 36.4 Å². The number of carbonyl (C=O) groups is 1. The molecule has 0 aliphatic carbocycles. The Labute approximate surface area is 145 Å². The number of halogens is 1. The second-order valence-corrected chi connectivity index (χ2v) is 5.44. The molecule has 0 saturated carbocycles. The van der Waals surface area contributed by atoms with Crippen molar-refractivity contribution in [3.63, 3.8) is 0 Å². The highest BCUT2D eigenvalue weighted by atomic mass is 35.5. The van der Waals surface area contributed by atoms with Crippen molar-refractivity contribution < 1.29 is 9.90 Å². The van der Waals surface area contributed by atoms with Crippen LogP contribution in [0.4, 0.5) is 5.69 Å². The number of carbonyl (C=O) groups excluding carboxylic acids is 1. The Morgan fingerprint density at radius 1 is 1.17 bits per heavy atom. The molecule has 1 amide bonds. The van der Waals surface area contributed by atoms with Crippen LogP contribution >= 0.6 is 11.6 Å². The van der Waals surface area contributed by atoms with Crippen molar-refractivity contribution in [2.45, 2.75) is 6.42 Å². The van der Waals surface area contributed by atoms with Crippen molar-refractivity contribution in [1.29, 1.82) is 5.26 Å². The third-order valence-corrected chi connectivity index (χ3v) is 3.46. The third kappa shape index (κ3) is 5.34. The van der Waals surface area contributed by atoms with E-state index in [1.807, 2.05) is 18.2 Å². The fourth-order valence-corrected chi connectivity index (χ4v) is 2.06. The summed E-state index contributed by atoms with van der Waals surface area (Å²) in [7, 11) is 0. The quantitative estimate of drug-likeness (QED) is 0.428. The second-order valence-electron chi connectivity index (χ2n) is 5.00. The smallest absolute Gasteiger partial charge is 0.267 e. The van der Waals surface area contributed by atoms with Crippen LogP contribution in [0.1, 0.15) is 5.56 Å². The molecule has 2 aromatic rings. The van der Waals surface area contributed by atoms with E-state index in [0.717, 1.165) is 5.56 Å². The summed E-state index contributed by atoms with van der Waals surface area (Å²) in [5, 5.41) is 24.5. The number of phenols is 1. The number of rotatable bonds is 6. The first-order valence-corrected chi connectivity index (χ1v) is 7.65. The first-order chi connectivity index (χ1) is 11.6.